The predicted molar refractivity (Wildman–Crippen MR) is 100 cm³/mol. The second-order valence-electron chi connectivity index (χ2n) is 6.15. The lowest BCUT2D eigenvalue weighted by Gasteiger charge is -2.39. The average Bonchev–Trinajstić information content (AvgIpc) is 3.03. The summed E-state index contributed by atoms with van der Waals surface area (Å²) >= 11 is 6.02. The third-order valence-electron chi connectivity index (χ3n) is 4.20. The Bertz CT molecular complexity index is 976. The summed E-state index contributed by atoms with van der Waals surface area (Å²) in [6, 6.07) is 7.54. The maximum atomic E-state index is 13.2. The monoisotopic (exact) mass is 405 g/mol. The predicted octanol–water partition coefficient (Wildman–Crippen LogP) is 2.83. The van der Waals surface area contributed by atoms with Gasteiger partial charge in [-0.05, 0) is 31.2 Å². The van der Waals surface area contributed by atoms with Crippen LogP contribution in [0.1, 0.15) is 6.92 Å². The Labute approximate surface area is 165 Å². The van der Waals surface area contributed by atoms with E-state index in [1.807, 2.05) is 11.8 Å². The molecule has 28 heavy (non-hydrogen) atoms. The van der Waals surface area contributed by atoms with E-state index < -0.39 is 5.82 Å². The van der Waals surface area contributed by atoms with Crippen LogP contribution in [0, 0.1) is 5.82 Å². The fraction of sp³-hybridized carbons (Fsp3) is 0.278. The Morgan fingerprint density at radius 1 is 1.25 bits per heavy atom. The number of rotatable bonds is 6. The quantitative estimate of drug-likeness (QED) is 0.674. The highest BCUT2D eigenvalue weighted by Crippen LogP contribution is 2.31. The van der Waals surface area contributed by atoms with Gasteiger partial charge >= 0.3 is 6.01 Å². The van der Waals surface area contributed by atoms with Gasteiger partial charge in [0.15, 0.2) is 0 Å². The minimum absolute atomic E-state index is 0.0788. The minimum atomic E-state index is -0.411. The summed E-state index contributed by atoms with van der Waals surface area (Å²) in [5, 5.41) is 18.0. The van der Waals surface area contributed by atoms with Crippen molar-refractivity contribution in [2.75, 3.05) is 24.6 Å². The number of ether oxygens (including phenoxy) is 2. The lowest BCUT2D eigenvalue weighted by Crippen LogP contribution is -2.54. The third kappa shape index (κ3) is 3.53. The number of hydrogen-bond acceptors (Lipinski definition) is 7. The highest BCUT2D eigenvalue weighted by molar-refractivity contribution is 6.32. The lowest BCUT2D eigenvalue weighted by molar-refractivity contribution is 0.165. The van der Waals surface area contributed by atoms with Crippen LogP contribution in [0.3, 0.4) is 0 Å². The fourth-order valence-corrected chi connectivity index (χ4v) is 3.06. The van der Waals surface area contributed by atoms with Crippen LogP contribution in [-0.2, 0) is 0 Å². The van der Waals surface area contributed by atoms with Crippen LogP contribution >= 0.6 is 11.6 Å². The van der Waals surface area contributed by atoms with Crippen molar-refractivity contribution < 1.29 is 19.0 Å². The molecule has 10 heteroatoms. The first kappa shape index (κ1) is 18.3. The second-order valence-corrected chi connectivity index (χ2v) is 6.55. The van der Waals surface area contributed by atoms with Gasteiger partial charge in [-0.15, -0.1) is 5.10 Å². The second kappa shape index (κ2) is 7.51. The van der Waals surface area contributed by atoms with Crippen molar-refractivity contribution in [1.82, 2.24) is 19.7 Å². The number of nitrogens with zero attached hydrogens (tertiary/aromatic N) is 5. The minimum Gasteiger partial charge on any atom is -0.493 e. The molecule has 1 saturated heterocycles. The van der Waals surface area contributed by atoms with Gasteiger partial charge in [0.2, 0.25) is 11.8 Å². The van der Waals surface area contributed by atoms with E-state index in [0.717, 1.165) is 0 Å². The molecule has 0 aliphatic carbocycles. The first-order chi connectivity index (χ1) is 13.5. The van der Waals surface area contributed by atoms with Gasteiger partial charge in [-0.25, -0.2) is 13.9 Å². The van der Waals surface area contributed by atoms with Crippen molar-refractivity contribution in [1.29, 1.82) is 0 Å². The SMILES string of the molecule is CCOc1nnc(N2CC(Oc3ccc(F)cc3Cl)C2)n1-c1ccc(O)nc1. The number of anilines is 1. The summed E-state index contributed by atoms with van der Waals surface area (Å²) in [6.45, 7) is 3.37. The molecule has 3 heterocycles. The largest absolute Gasteiger partial charge is 0.493 e. The molecule has 0 unspecified atom stereocenters. The molecule has 0 radical (unpaired) electrons. The number of halogens is 2. The Balaban J connectivity index is 1.52. The molecule has 0 spiro atoms. The molecular formula is C18H17ClFN5O3. The number of aromatic nitrogens is 4. The molecule has 1 aliphatic heterocycles. The summed E-state index contributed by atoms with van der Waals surface area (Å²) in [5.74, 6) is 0.518. The first-order valence-electron chi connectivity index (χ1n) is 8.65. The van der Waals surface area contributed by atoms with Gasteiger partial charge in [0, 0.05) is 6.07 Å². The van der Waals surface area contributed by atoms with Gasteiger partial charge in [-0.3, -0.25) is 0 Å². The van der Waals surface area contributed by atoms with Gasteiger partial charge in [0.1, 0.15) is 17.7 Å². The fourth-order valence-electron chi connectivity index (χ4n) is 2.85. The topological polar surface area (TPSA) is 85.5 Å². The summed E-state index contributed by atoms with van der Waals surface area (Å²) in [6.07, 6.45) is 1.39. The van der Waals surface area contributed by atoms with Crippen molar-refractivity contribution in [2.24, 2.45) is 0 Å². The highest BCUT2D eigenvalue weighted by Gasteiger charge is 2.34. The maximum Gasteiger partial charge on any atom is 0.323 e. The molecule has 1 aromatic carbocycles. The highest BCUT2D eigenvalue weighted by atomic mass is 35.5. The molecule has 146 valence electrons. The maximum absolute atomic E-state index is 13.2. The molecule has 8 nitrogen and oxygen atoms in total. The van der Waals surface area contributed by atoms with Crippen molar-refractivity contribution in [3.05, 3.63) is 47.4 Å². The molecule has 0 bridgehead atoms. The molecule has 1 aliphatic rings. The van der Waals surface area contributed by atoms with Crippen LogP contribution < -0.4 is 14.4 Å². The summed E-state index contributed by atoms with van der Waals surface area (Å²) < 4.78 is 26.3. The zero-order valence-corrected chi connectivity index (χ0v) is 15.7. The van der Waals surface area contributed by atoms with Gasteiger partial charge in [-0.1, -0.05) is 16.7 Å². The molecular weight excluding hydrogens is 389 g/mol. The Morgan fingerprint density at radius 2 is 2.07 bits per heavy atom. The Hall–Kier alpha value is -3.07. The van der Waals surface area contributed by atoms with Crippen molar-refractivity contribution >= 4 is 17.5 Å². The number of benzene rings is 1. The molecule has 1 fully saturated rings. The van der Waals surface area contributed by atoms with Crippen LogP contribution in [0.2, 0.25) is 5.02 Å². The zero-order chi connectivity index (χ0) is 19.7. The van der Waals surface area contributed by atoms with Crippen LogP contribution in [-0.4, -0.2) is 50.7 Å². The number of pyridine rings is 1. The van der Waals surface area contributed by atoms with Crippen LogP contribution in [0.15, 0.2) is 36.5 Å². The van der Waals surface area contributed by atoms with E-state index in [1.165, 1.54) is 30.5 Å². The van der Waals surface area contributed by atoms with E-state index in [-0.39, 0.29) is 17.0 Å². The molecule has 0 saturated carbocycles. The standard InChI is InChI=1S/C18H17ClFN5O3/c1-2-27-18-23-22-17(25(18)12-4-6-16(26)21-8-12)24-9-13(10-24)28-15-5-3-11(20)7-14(15)19/h3-8,13H,2,9-10H2,1H3,(H,21,26). The van der Waals surface area contributed by atoms with E-state index in [9.17, 15) is 9.50 Å². The van der Waals surface area contributed by atoms with E-state index in [1.54, 1.807) is 10.6 Å². The summed E-state index contributed by atoms with van der Waals surface area (Å²) in [5.41, 5.74) is 0.659. The van der Waals surface area contributed by atoms with E-state index in [4.69, 9.17) is 21.1 Å². The molecule has 4 rings (SSSR count). The number of aromatic hydroxyl groups is 1. The van der Waals surface area contributed by atoms with Crippen molar-refractivity contribution in [3.8, 4) is 23.3 Å². The molecule has 0 atom stereocenters. The molecule has 1 N–H and O–H groups in total. The zero-order valence-electron chi connectivity index (χ0n) is 14.9. The van der Waals surface area contributed by atoms with E-state index >= 15 is 0 Å². The van der Waals surface area contributed by atoms with E-state index in [2.05, 4.69) is 15.2 Å². The van der Waals surface area contributed by atoms with Crippen molar-refractivity contribution in [3.63, 3.8) is 0 Å². The third-order valence-corrected chi connectivity index (χ3v) is 4.49. The average molecular weight is 406 g/mol. The smallest absolute Gasteiger partial charge is 0.323 e. The first-order valence-corrected chi connectivity index (χ1v) is 9.03. The number of hydrogen-bond donors (Lipinski definition) is 1. The summed E-state index contributed by atoms with van der Waals surface area (Å²) in [7, 11) is 0. The van der Waals surface area contributed by atoms with Gasteiger partial charge in [0.05, 0.1) is 36.6 Å². The molecule has 0 amide bonds. The summed E-state index contributed by atoms with van der Waals surface area (Å²) in [4.78, 5) is 5.87. The van der Waals surface area contributed by atoms with Gasteiger partial charge in [0.25, 0.3) is 0 Å². The van der Waals surface area contributed by atoms with Gasteiger partial charge in [-0.2, -0.15) is 0 Å². The van der Waals surface area contributed by atoms with Crippen LogP contribution in [0.5, 0.6) is 17.6 Å². The van der Waals surface area contributed by atoms with Gasteiger partial charge < -0.3 is 19.5 Å². The normalized spacial score (nSPS) is 14.0. The van der Waals surface area contributed by atoms with E-state index in [0.29, 0.717) is 43.1 Å². The Morgan fingerprint density at radius 3 is 2.75 bits per heavy atom. The van der Waals surface area contributed by atoms with Crippen molar-refractivity contribution in [2.45, 2.75) is 13.0 Å². The molecule has 3 aromatic rings. The lowest BCUT2D eigenvalue weighted by atomic mass is 10.2. The van der Waals surface area contributed by atoms with Crippen LogP contribution in [0.25, 0.3) is 5.69 Å². The van der Waals surface area contributed by atoms with Crippen LogP contribution in [0.4, 0.5) is 10.3 Å². The Kier molecular flexibility index (Phi) is 4.91. The molecule has 2 aromatic heterocycles.